The van der Waals surface area contributed by atoms with Crippen molar-refractivity contribution in [3.63, 3.8) is 0 Å². The van der Waals surface area contributed by atoms with Crippen LogP contribution in [0.5, 0.6) is 0 Å². The topological polar surface area (TPSA) is 61.4 Å². The van der Waals surface area contributed by atoms with Crippen molar-refractivity contribution < 1.29 is 9.90 Å². The average Bonchev–Trinajstić information content (AvgIpc) is 3.09. The van der Waals surface area contributed by atoms with Gasteiger partial charge in [0.1, 0.15) is 0 Å². The van der Waals surface area contributed by atoms with Crippen molar-refractivity contribution in [2.45, 2.75) is 66.2 Å². The molecule has 0 saturated carbocycles. The number of fused-ring (bicyclic) bond motifs is 1. The van der Waals surface area contributed by atoms with Gasteiger partial charge in [-0.15, -0.1) is 0 Å². The van der Waals surface area contributed by atoms with E-state index in [0.717, 1.165) is 61.0 Å². The summed E-state index contributed by atoms with van der Waals surface area (Å²) in [5, 5.41) is 15.9. The summed E-state index contributed by atoms with van der Waals surface area (Å²) in [4.78, 5) is 12.9. The van der Waals surface area contributed by atoms with E-state index in [0.29, 0.717) is 6.54 Å². The van der Waals surface area contributed by atoms with E-state index in [1.165, 1.54) is 27.9 Å². The second kappa shape index (κ2) is 10.6. The van der Waals surface area contributed by atoms with Gasteiger partial charge < -0.3 is 15.7 Å². The molecule has 0 atom stereocenters. The molecule has 0 unspecified atom stereocenters. The number of hydrogen-bond acceptors (Lipinski definition) is 3. The van der Waals surface area contributed by atoms with Crippen molar-refractivity contribution in [2.24, 2.45) is 0 Å². The number of para-hydroxylation sites is 1. The Bertz CT molecular complexity index is 963. The zero-order valence-corrected chi connectivity index (χ0v) is 19.4. The molecule has 4 heteroatoms. The zero-order valence-electron chi connectivity index (χ0n) is 19.4. The number of allylic oxidation sites excluding steroid dienone is 5. The highest BCUT2D eigenvalue weighted by molar-refractivity contribution is 6.32. The summed E-state index contributed by atoms with van der Waals surface area (Å²) < 4.78 is 0. The number of benzene rings is 1. The largest absolute Gasteiger partial charge is 0.395 e. The number of hydrogen-bond donors (Lipinski definition) is 3. The van der Waals surface area contributed by atoms with Gasteiger partial charge in [-0.3, -0.25) is 4.79 Å². The second-order valence-corrected chi connectivity index (χ2v) is 8.39. The van der Waals surface area contributed by atoms with E-state index >= 15 is 0 Å². The number of nitrogens with one attached hydrogen (secondary N) is 2. The predicted octanol–water partition coefficient (Wildman–Crippen LogP) is 5.89. The molecule has 0 saturated heterocycles. The minimum Gasteiger partial charge on any atom is -0.395 e. The molecule has 31 heavy (non-hydrogen) atoms. The minimum atomic E-state index is 0.00957. The Morgan fingerprint density at radius 2 is 2.00 bits per heavy atom. The number of carbonyl (C=O) groups is 1. The third-order valence-corrected chi connectivity index (χ3v) is 6.19. The van der Waals surface area contributed by atoms with Crippen molar-refractivity contribution >= 4 is 17.2 Å². The third-order valence-electron chi connectivity index (χ3n) is 6.19. The van der Waals surface area contributed by atoms with Crippen molar-refractivity contribution in [1.82, 2.24) is 5.32 Å². The van der Waals surface area contributed by atoms with Gasteiger partial charge in [-0.25, -0.2) is 0 Å². The van der Waals surface area contributed by atoms with Crippen molar-refractivity contribution in [1.29, 1.82) is 0 Å². The van der Waals surface area contributed by atoms with E-state index in [1.54, 1.807) is 0 Å². The van der Waals surface area contributed by atoms with Crippen LogP contribution in [0.4, 0.5) is 5.69 Å². The summed E-state index contributed by atoms with van der Waals surface area (Å²) in [6.07, 6.45) is 8.22. The van der Waals surface area contributed by atoms with E-state index in [4.69, 9.17) is 0 Å². The Kier molecular flexibility index (Phi) is 7.91. The van der Waals surface area contributed by atoms with Crippen molar-refractivity contribution in [3.8, 4) is 0 Å². The lowest BCUT2D eigenvalue weighted by Gasteiger charge is -2.28. The van der Waals surface area contributed by atoms with Gasteiger partial charge in [-0.05, 0) is 74.3 Å². The molecule has 0 spiro atoms. The maximum Gasteiger partial charge on any atom is 0.256 e. The maximum atomic E-state index is 12.9. The van der Waals surface area contributed by atoms with Crippen molar-refractivity contribution in [3.05, 3.63) is 69.5 Å². The first-order valence-electron chi connectivity index (χ1n) is 11.6. The van der Waals surface area contributed by atoms with E-state index in [-0.39, 0.29) is 12.5 Å². The molecule has 1 aromatic carbocycles. The van der Waals surface area contributed by atoms with Gasteiger partial charge in [0.05, 0.1) is 12.2 Å². The zero-order chi connectivity index (χ0) is 22.4. The molecule has 1 amide bonds. The van der Waals surface area contributed by atoms with Gasteiger partial charge in [0.15, 0.2) is 0 Å². The van der Waals surface area contributed by atoms with Crippen LogP contribution in [0.3, 0.4) is 0 Å². The summed E-state index contributed by atoms with van der Waals surface area (Å²) in [6, 6.07) is 7.98. The average molecular weight is 421 g/mol. The van der Waals surface area contributed by atoms with Crippen LogP contribution in [0.15, 0.2) is 63.9 Å². The fraction of sp³-hybridized carbons (Fsp3) is 0.444. The van der Waals surface area contributed by atoms with E-state index < -0.39 is 0 Å². The Hall–Kier alpha value is -2.59. The SMILES string of the molecule is CC/C=C(NCCO)\C(C1=C(C)/C(=C2\C(=O)Nc3ccccc32)CCC1)=C(/C)CCC. The van der Waals surface area contributed by atoms with Crippen LogP contribution in [0.2, 0.25) is 0 Å². The number of rotatable bonds is 8. The fourth-order valence-corrected chi connectivity index (χ4v) is 4.85. The quantitative estimate of drug-likeness (QED) is 0.363. The summed E-state index contributed by atoms with van der Waals surface area (Å²) in [5.74, 6) is 0.00957. The second-order valence-electron chi connectivity index (χ2n) is 8.39. The Morgan fingerprint density at radius 3 is 2.71 bits per heavy atom. The molecule has 0 radical (unpaired) electrons. The van der Waals surface area contributed by atoms with Crippen LogP contribution in [0.1, 0.15) is 71.8 Å². The normalized spacial score (nSPS) is 19.9. The molecule has 1 aromatic rings. The van der Waals surface area contributed by atoms with Gasteiger partial charge >= 0.3 is 0 Å². The number of aliphatic hydroxyl groups excluding tert-OH is 1. The lowest BCUT2D eigenvalue weighted by Crippen LogP contribution is -2.22. The Balaban J connectivity index is 2.19. The predicted molar refractivity (Wildman–Crippen MR) is 130 cm³/mol. The molecular formula is C27H36N2O2. The first-order chi connectivity index (χ1) is 15.0. The van der Waals surface area contributed by atoms with Gasteiger partial charge in [0.25, 0.3) is 5.91 Å². The number of amides is 1. The molecule has 1 aliphatic heterocycles. The third kappa shape index (κ3) is 4.85. The fourth-order valence-electron chi connectivity index (χ4n) is 4.85. The van der Waals surface area contributed by atoms with Crippen LogP contribution in [-0.2, 0) is 4.79 Å². The molecule has 0 aromatic heterocycles. The lowest BCUT2D eigenvalue weighted by atomic mass is 9.79. The molecule has 0 fully saturated rings. The van der Waals surface area contributed by atoms with Gasteiger partial charge in [-0.1, -0.05) is 50.1 Å². The van der Waals surface area contributed by atoms with Crippen LogP contribution in [0.25, 0.3) is 5.57 Å². The Morgan fingerprint density at radius 1 is 1.23 bits per heavy atom. The molecular weight excluding hydrogens is 384 g/mol. The highest BCUT2D eigenvalue weighted by atomic mass is 16.3. The molecule has 1 heterocycles. The van der Waals surface area contributed by atoms with Crippen LogP contribution in [0, 0.1) is 0 Å². The standard InChI is InChI=1S/C27H36N2O2/c1-5-10-18(3)25(24(11-6-2)28-16-17-30)20-13-9-14-21(19(20)4)26-22-12-7-8-15-23(22)29-27(26)31/h7-8,11-12,15,28,30H,5-6,9-10,13-14,16-17H2,1-4H3,(H,29,31)/b24-11+,25-18+,26-21-. The lowest BCUT2D eigenvalue weighted by molar-refractivity contribution is -0.110. The highest BCUT2D eigenvalue weighted by Crippen LogP contribution is 2.43. The summed E-state index contributed by atoms with van der Waals surface area (Å²) >= 11 is 0. The minimum absolute atomic E-state index is 0.00957. The molecule has 4 nitrogen and oxygen atoms in total. The monoisotopic (exact) mass is 420 g/mol. The summed E-state index contributed by atoms with van der Waals surface area (Å²) in [7, 11) is 0. The Labute approximate surface area is 186 Å². The van der Waals surface area contributed by atoms with Crippen LogP contribution < -0.4 is 10.6 Å². The summed E-state index contributed by atoms with van der Waals surface area (Å²) in [6.45, 7) is 9.39. The van der Waals surface area contributed by atoms with Gasteiger partial charge in [0.2, 0.25) is 0 Å². The number of carbonyl (C=O) groups excluding carboxylic acids is 1. The molecule has 0 bridgehead atoms. The number of anilines is 1. The molecule has 2 aliphatic rings. The summed E-state index contributed by atoms with van der Waals surface area (Å²) in [5.41, 5.74) is 10.2. The van der Waals surface area contributed by atoms with Gasteiger partial charge in [-0.2, -0.15) is 0 Å². The van der Waals surface area contributed by atoms with E-state index in [1.807, 2.05) is 24.3 Å². The molecule has 1 aliphatic carbocycles. The first-order valence-corrected chi connectivity index (χ1v) is 11.6. The smallest absolute Gasteiger partial charge is 0.256 e. The molecule has 166 valence electrons. The van der Waals surface area contributed by atoms with Gasteiger partial charge in [0, 0.05) is 23.5 Å². The maximum absolute atomic E-state index is 12.9. The molecule has 3 N–H and O–H groups in total. The van der Waals surface area contributed by atoms with Crippen molar-refractivity contribution in [2.75, 3.05) is 18.5 Å². The number of aliphatic hydroxyl groups is 1. The molecule has 3 rings (SSSR count). The highest BCUT2D eigenvalue weighted by Gasteiger charge is 2.30. The van der Waals surface area contributed by atoms with Crippen LogP contribution in [-0.4, -0.2) is 24.2 Å². The van der Waals surface area contributed by atoms with E-state index in [9.17, 15) is 9.90 Å². The first kappa shape index (κ1) is 23.1. The van der Waals surface area contributed by atoms with Crippen LogP contribution >= 0.6 is 0 Å². The van der Waals surface area contributed by atoms with E-state index in [2.05, 4.69) is 44.4 Å².